The number of halogens is 1. The molecule has 0 radical (unpaired) electrons. The fraction of sp³-hybridized carbons (Fsp3) is 0. The van der Waals surface area contributed by atoms with Crippen LogP contribution in [0.1, 0.15) is 5.56 Å². The van der Waals surface area contributed by atoms with Crippen LogP contribution in [0.4, 0.5) is 17.2 Å². The molecule has 2 rings (SSSR count). The van der Waals surface area contributed by atoms with Crippen molar-refractivity contribution in [3.63, 3.8) is 0 Å². The van der Waals surface area contributed by atoms with Crippen LogP contribution in [0.3, 0.4) is 0 Å². The van der Waals surface area contributed by atoms with Crippen LogP contribution < -0.4 is 11.1 Å². The molecule has 0 spiro atoms. The highest BCUT2D eigenvalue weighted by atomic mass is 79.9. The highest BCUT2D eigenvalue weighted by Crippen LogP contribution is 2.26. The number of nitrogens with one attached hydrogen (secondary N) is 1. The van der Waals surface area contributed by atoms with Gasteiger partial charge in [-0.2, -0.15) is 5.26 Å². The number of hydrogen-bond acceptors (Lipinski definition) is 4. The predicted molar refractivity (Wildman–Crippen MR) is 70.8 cm³/mol. The summed E-state index contributed by atoms with van der Waals surface area (Å²) in [4.78, 5) is 3.91. The van der Waals surface area contributed by atoms with E-state index in [1.54, 1.807) is 24.4 Å². The molecule has 1 aromatic heterocycles. The molecule has 17 heavy (non-hydrogen) atoms. The number of anilines is 3. The molecule has 0 aliphatic carbocycles. The molecule has 0 saturated carbocycles. The van der Waals surface area contributed by atoms with Crippen molar-refractivity contribution in [3.8, 4) is 6.07 Å². The number of nitrogens with zero attached hydrogens (tertiary/aromatic N) is 2. The van der Waals surface area contributed by atoms with Gasteiger partial charge in [0.25, 0.3) is 0 Å². The minimum absolute atomic E-state index is 0.458. The van der Waals surface area contributed by atoms with Gasteiger partial charge in [-0.3, -0.25) is 0 Å². The molecule has 0 saturated heterocycles. The Morgan fingerprint density at radius 1 is 1.29 bits per heavy atom. The second kappa shape index (κ2) is 4.85. The number of hydrogen-bond donors (Lipinski definition) is 2. The van der Waals surface area contributed by atoms with Crippen molar-refractivity contribution < 1.29 is 0 Å². The van der Waals surface area contributed by atoms with E-state index in [1.165, 1.54) is 0 Å². The van der Waals surface area contributed by atoms with Crippen molar-refractivity contribution in [2.45, 2.75) is 0 Å². The van der Waals surface area contributed by atoms with Crippen molar-refractivity contribution in [2.75, 3.05) is 11.1 Å². The first-order valence-electron chi connectivity index (χ1n) is 4.87. The fourth-order valence-corrected chi connectivity index (χ4v) is 1.85. The third-order valence-corrected chi connectivity index (χ3v) is 2.81. The fourth-order valence-electron chi connectivity index (χ4n) is 1.37. The average Bonchev–Trinajstić information content (AvgIpc) is 2.32. The first-order chi connectivity index (χ1) is 8.19. The maximum atomic E-state index is 8.76. The zero-order chi connectivity index (χ0) is 12.3. The number of nitrogens with two attached hydrogens (primary N) is 1. The van der Waals surface area contributed by atoms with Gasteiger partial charge in [-0.05, 0) is 40.2 Å². The highest BCUT2D eigenvalue weighted by molar-refractivity contribution is 9.10. The first kappa shape index (κ1) is 11.4. The number of benzene rings is 1. The Morgan fingerprint density at radius 2 is 2.12 bits per heavy atom. The summed E-state index contributed by atoms with van der Waals surface area (Å²) in [5.41, 5.74) is 7.92. The van der Waals surface area contributed by atoms with Crippen molar-refractivity contribution >= 4 is 33.1 Å². The van der Waals surface area contributed by atoms with Crippen LogP contribution in [0.25, 0.3) is 0 Å². The van der Waals surface area contributed by atoms with E-state index in [-0.39, 0.29) is 0 Å². The van der Waals surface area contributed by atoms with Crippen molar-refractivity contribution in [3.05, 3.63) is 46.6 Å². The Balaban J connectivity index is 2.28. The van der Waals surface area contributed by atoms with Gasteiger partial charge in [-0.25, -0.2) is 4.98 Å². The van der Waals surface area contributed by atoms with Crippen LogP contribution in [0.2, 0.25) is 0 Å². The molecule has 0 aliphatic heterocycles. The lowest BCUT2D eigenvalue weighted by Gasteiger charge is -2.08. The van der Waals surface area contributed by atoms with E-state index < -0.39 is 0 Å². The van der Waals surface area contributed by atoms with Gasteiger partial charge in [0, 0.05) is 22.4 Å². The number of pyridine rings is 1. The van der Waals surface area contributed by atoms with Crippen LogP contribution in [-0.2, 0) is 0 Å². The molecule has 1 aromatic carbocycles. The molecule has 0 unspecified atom stereocenters. The maximum Gasteiger partial charge on any atom is 0.125 e. The van der Waals surface area contributed by atoms with Gasteiger partial charge in [-0.15, -0.1) is 0 Å². The van der Waals surface area contributed by atoms with Gasteiger partial charge in [0.15, 0.2) is 0 Å². The summed E-state index contributed by atoms with van der Waals surface area (Å²) in [7, 11) is 0. The van der Waals surface area contributed by atoms with E-state index in [0.29, 0.717) is 11.4 Å². The molecule has 0 atom stereocenters. The van der Waals surface area contributed by atoms with Crippen molar-refractivity contribution in [1.82, 2.24) is 4.98 Å². The topological polar surface area (TPSA) is 74.7 Å². The standard InChI is InChI=1S/C12H9BrN4/c13-10-5-8(7-14)1-2-11(10)17-9-3-4-16-12(15)6-9/h1-6H,(H3,15,16,17). The molecule has 0 bridgehead atoms. The second-order valence-corrected chi connectivity index (χ2v) is 4.26. The first-order valence-corrected chi connectivity index (χ1v) is 5.66. The second-order valence-electron chi connectivity index (χ2n) is 3.40. The minimum atomic E-state index is 0.458. The predicted octanol–water partition coefficient (Wildman–Crippen LogP) is 3.04. The Hall–Kier alpha value is -2.06. The Bertz CT molecular complexity index is 589. The lowest BCUT2D eigenvalue weighted by Crippen LogP contribution is -1.95. The zero-order valence-electron chi connectivity index (χ0n) is 8.81. The van der Waals surface area contributed by atoms with Crippen molar-refractivity contribution in [2.24, 2.45) is 0 Å². The maximum absolute atomic E-state index is 8.76. The summed E-state index contributed by atoms with van der Waals surface area (Å²) < 4.78 is 0.826. The van der Waals surface area contributed by atoms with E-state index >= 15 is 0 Å². The number of rotatable bonds is 2. The summed E-state index contributed by atoms with van der Waals surface area (Å²) in [5, 5.41) is 12.0. The molecule has 0 fully saturated rings. The van der Waals surface area contributed by atoms with Crippen LogP contribution in [0.15, 0.2) is 41.0 Å². The lowest BCUT2D eigenvalue weighted by molar-refractivity contribution is 1.33. The molecule has 4 nitrogen and oxygen atoms in total. The molecule has 1 heterocycles. The Morgan fingerprint density at radius 3 is 2.76 bits per heavy atom. The van der Waals surface area contributed by atoms with Crippen LogP contribution in [-0.4, -0.2) is 4.98 Å². The molecule has 5 heteroatoms. The molecular weight excluding hydrogens is 280 g/mol. The lowest BCUT2D eigenvalue weighted by atomic mass is 10.2. The zero-order valence-corrected chi connectivity index (χ0v) is 10.4. The molecular formula is C12H9BrN4. The monoisotopic (exact) mass is 288 g/mol. The minimum Gasteiger partial charge on any atom is -0.384 e. The molecule has 2 aromatic rings. The van der Waals surface area contributed by atoms with E-state index in [2.05, 4.69) is 32.3 Å². The number of nitrogen functional groups attached to an aromatic ring is 1. The summed E-state index contributed by atoms with van der Waals surface area (Å²) in [5.74, 6) is 0.458. The normalized spacial score (nSPS) is 9.65. The van der Waals surface area contributed by atoms with Crippen LogP contribution in [0, 0.1) is 11.3 Å². The SMILES string of the molecule is N#Cc1ccc(Nc2ccnc(N)c2)c(Br)c1. The van der Waals surface area contributed by atoms with Crippen molar-refractivity contribution in [1.29, 1.82) is 5.26 Å². The summed E-state index contributed by atoms with van der Waals surface area (Å²) in [6.45, 7) is 0. The van der Waals surface area contributed by atoms with Crippen LogP contribution in [0.5, 0.6) is 0 Å². The van der Waals surface area contributed by atoms with Gasteiger partial charge in [-0.1, -0.05) is 0 Å². The highest BCUT2D eigenvalue weighted by Gasteiger charge is 2.02. The third kappa shape index (κ3) is 2.74. The molecule has 0 aliphatic rings. The van der Waals surface area contributed by atoms with E-state index in [1.807, 2.05) is 12.1 Å². The summed E-state index contributed by atoms with van der Waals surface area (Å²) in [6, 6.07) is 11.0. The average molecular weight is 289 g/mol. The Labute approximate surface area is 107 Å². The van der Waals surface area contributed by atoms with Gasteiger partial charge in [0.05, 0.1) is 17.3 Å². The molecule has 0 amide bonds. The van der Waals surface area contributed by atoms with Gasteiger partial charge in [0.2, 0.25) is 0 Å². The largest absolute Gasteiger partial charge is 0.384 e. The summed E-state index contributed by atoms with van der Waals surface area (Å²) >= 11 is 3.40. The van der Waals surface area contributed by atoms with Crippen LogP contribution >= 0.6 is 15.9 Å². The van der Waals surface area contributed by atoms with E-state index in [9.17, 15) is 0 Å². The molecule has 84 valence electrons. The third-order valence-electron chi connectivity index (χ3n) is 2.16. The van der Waals surface area contributed by atoms with Gasteiger partial charge >= 0.3 is 0 Å². The van der Waals surface area contributed by atoms with Gasteiger partial charge < -0.3 is 11.1 Å². The van der Waals surface area contributed by atoms with E-state index in [4.69, 9.17) is 11.0 Å². The van der Waals surface area contributed by atoms with Gasteiger partial charge in [0.1, 0.15) is 5.82 Å². The summed E-state index contributed by atoms with van der Waals surface area (Å²) in [6.07, 6.45) is 1.63. The number of aromatic nitrogens is 1. The smallest absolute Gasteiger partial charge is 0.125 e. The number of nitriles is 1. The quantitative estimate of drug-likeness (QED) is 0.891. The van der Waals surface area contributed by atoms with E-state index in [0.717, 1.165) is 15.8 Å². The Kier molecular flexibility index (Phi) is 3.26. The molecule has 3 N–H and O–H groups in total.